The first-order valence-electron chi connectivity index (χ1n) is 10.3. The monoisotopic (exact) mass is 516 g/mol. The number of benzene rings is 2. The quantitative estimate of drug-likeness (QED) is 0.568. The SMILES string of the molecule is CC(C)(C)c1ccc(C(C)(C)C)c2c1-c1ccccc1C2CC1=CC=CC1.[Cl-].[Cl-].[Zr+2]. The van der Waals surface area contributed by atoms with E-state index in [1.54, 1.807) is 11.1 Å². The number of halogens is 2. The van der Waals surface area contributed by atoms with Crippen LogP contribution in [0.5, 0.6) is 0 Å². The van der Waals surface area contributed by atoms with Crippen molar-refractivity contribution in [3.05, 3.63) is 82.5 Å². The van der Waals surface area contributed by atoms with Crippen LogP contribution in [0.3, 0.4) is 0 Å². The molecule has 0 aromatic heterocycles. The maximum Gasteiger partial charge on any atom is 2.00 e. The first kappa shape index (κ1) is 27.4. The first-order valence-corrected chi connectivity index (χ1v) is 10.3. The molecule has 0 aliphatic heterocycles. The molecule has 0 bridgehead atoms. The second-order valence-electron chi connectivity index (χ2n) is 10.3. The van der Waals surface area contributed by atoms with E-state index < -0.39 is 0 Å². The zero-order valence-electron chi connectivity index (χ0n) is 18.9. The Kier molecular flexibility index (Phi) is 9.04. The van der Waals surface area contributed by atoms with Crippen LogP contribution in [0.4, 0.5) is 0 Å². The van der Waals surface area contributed by atoms with Crippen molar-refractivity contribution in [1.29, 1.82) is 0 Å². The summed E-state index contributed by atoms with van der Waals surface area (Å²) in [6.45, 7) is 14.1. The van der Waals surface area contributed by atoms with Gasteiger partial charge in [0.15, 0.2) is 0 Å². The minimum absolute atomic E-state index is 0. The summed E-state index contributed by atoms with van der Waals surface area (Å²) < 4.78 is 0. The molecule has 2 aliphatic rings. The first-order chi connectivity index (χ1) is 12.7. The van der Waals surface area contributed by atoms with Crippen molar-refractivity contribution in [2.75, 3.05) is 0 Å². The van der Waals surface area contributed by atoms with E-state index in [2.05, 4.69) is 96.2 Å². The Hall–Kier alpha value is -0.617. The van der Waals surface area contributed by atoms with Crippen LogP contribution in [0.1, 0.15) is 82.6 Å². The van der Waals surface area contributed by atoms with Crippen molar-refractivity contribution < 1.29 is 51.0 Å². The molecule has 0 fully saturated rings. The van der Waals surface area contributed by atoms with Crippen LogP contribution in [0.15, 0.2) is 60.2 Å². The van der Waals surface area contributed by atoms with Gasteiger partial charge < -0.3 is 24.8 Å². The fourth-order valence-corrected chi connectivity index (χ4v) is 4.85. The van der Waals surface area contributed by atoms with Gasteiger partial charge in [0, 0.05) is 5.92 Å². The summed E-state index contributed by atoms with van der Waals surface area (Å²) >= 11 is 0. The van der Waals surface area contributed by atoms with Gasteiger partial charge in [0.1, 0.15) is 0 Å². The summed E-state index contributed by atoms with van der Waals surface area (Å²) in [5.41, 5.74) is 10.9. The number of allylic oxidation sites excluding steroid dienone is 4. The summed E-state index contributed by atoms with van der Waals surface area (Å²) in [5, 5.41) is 0. The van der Waals surface area contributed by atoms with Crippen molar-refractivity contribution in [2.24, 2.45) is 0 Å². The van der Waals surface area contributed by atoms with Crippen molar-refractivity contribution in [1.82, 2.24) is 0 Å². The zero-order valence-corrected chi connectivity index (χ0v) is 22.9. The molecule has 0 radical (unpaired) electrons. The molecule has 0 heterocycles. The smallest absolute Gasteiger partial charge is 1.00 e. The maximum atomic E-state index is 2.42. The van der Waals surface area contributed by atoms with Gasteiger partial charge in [0.2, 0.25) is 0 Å². The Bertz CT molecular complexity index is 956. The van der Waals surface area contributed by atoms with Crippen LogP contribution in [0.25, 0.3) is 11.1 Å². The predicted molar refractivity (Wildman–Crippen MR) is 118 cm³/mol. The molecule has 0 N–H and O–H groups in total. The number of fused-ring (bicyclic) bond motifs is 3. The summed E-state index contributed by atoms with van der Waals surface area (Å²) in [4.78, 5) is 0. The van der Waals surface area contributed by atoms with Gasteiger partial charge in [-0.3, -0.25) is 0 Å². The summed E-state index contributed by atoms with van der Waals surface area (Å²) in [5.74, 6) is 0.471. The van der Waals surface area contributed by atoms with Crippen LogP contribution < -0.4 is 24.8 Å². The molecule has 0 amide bonds. The van der Waals surface area contributed by atoms with Crippen LogP contribution in [0.2, 0.25) is 0 Å². The summed E-state index contributed by atoms with van der Waals surface area (Å²) in [6, 6.07) is 13.9. The van der Waals surface area contributed by atoms with Crippen molar-refractivity contribution in [2.45, 2.75) is 71.1 Å². The van der Waals surface area contributed by atoms with Crippen molar-refractivity contribution in [3.63, 3.8) is 0 Å². The molecule has 2 aromatic rings. The standard InChI is InChI=1S/C27H32.2ClH.Zr/c1-26(2,3)22-15-16-23(27(4,5)6)25-21(17-18-11-7-8-12-18)19-13-9-10-14-20(19)24(22)25;;;/h7-11,13-16,21H,12,17H2,1-6H3;2*1H;/q;;;+2/p-2. The molecule has 0 spiro atoms. The zero-order chi connectivity index (χ0) is 19.4. The average Bonchev–Trinajstić information content (AvgIpc) is 3.20. The number of rotatable bonds is 2. The third-order valence-electron chi connectivity index (χ3n) is 6.13. The van der Waals surface area contributed by atoms with Crippen LogP contribution in [-0.2, 0) is 37.0 Å². The molecule has 1 atom stereocenters. The molecule has 0 nitrogen and oxygen atoms in total. The van der Waals surface area contributed by atoms with Gasteiger partial charge in [-0.1, -0.05) is 102 Å². The second-order valence-corrected chi connectivity index (χ2v) is 10.3. The van der Waals surface area contributed by atoms with Crippen molar-refractivity contribution >= 4 is 0 Å². The maximum absolute atomic E-state index is 2.42. The summed E-state index contributed by atoms with van der Waals surface area (Å²) in [7, 11) is 0. The second kappa shape index (κ2) is 9.89. The molecule has 3 heteroatoms. The molecule has 158 valence electrons. The molecule has 0 saturated heterocycles. The van der Waals surface area contributed by atoms with Gasteiger partial charge in [-0.25, -0.2) is 0 Å². The third kappa shape index (κ3) is 4.90. The molecule has 2 aliphatic carbocycles. The van der Waals surface area contributed by atoms with Gasteiger partial charge >= 0.3 is 26.2 Å². The molecular weight excluding hydrogens is 486 g/mol. The third-order valence-corrected chi connectivity index (χ3v) is 6.13. The van der Waals surface area contributed by atoms with E-state index in [1.165, 1.54) is 27.8 Å². The summed E-state index contributed by atoms with van der Waals surface area (Å²) in [6.07, 6.45) is 9.07. The van der Waals surface area contributed by atoms with E-state index in [0.29, 0.717) is 5.92 Å². The Morgan fingerprint density at radius 1 is 0.833 bits per heavy atom. The number of hydrogen-bond acceptors (Lipinski definition) is 0. The Labute approximate surface area is 214 Å². The van der Waals surface area contributed by atoms with E-state index in [9.17, 15) is 0 Å². The fourth-order valence-electron chi connectivity index (χ4n) is 4.85. The van der Waals surface area contributed by atoms with Gasteiger partial charge in [0.05, 0.1) is 0 Å². The predicted octanol–water partition coefficient (Wildman–Crippen LogP) is 1.68. The average molecular weight is 519 g/mol. The molecular formula is C27H32Cl2Zr. The minimum Gasteiger partial charge on any atom is -1.00 e. The van der Waals surface area contributed by atoms with Crippen LogP contribution in [-0.4, -0.2) is 0 Å². The Morgan fingerprint density at radius 3 is 2.00 bits per heavy atom. The van der Waals surface area contributed by atoms with Gasteiger partial charge in [-0.2, -0.15) is 0 Å². The molecule has 1 unspecified atom stereocenters. The van der Waals surface area contributed by atoms with Gasteiger partial charge in [-0.05, 0) is 57.1 Å². The van der Waals surface area contributed by atoms with E-state index in [1.807, 2.05) is 0 Å². The van der Waals surface area contributed by atoms with Crippen LogP contribution >= 0.6 is 0 Å². The molecule has 30 heavy (non-hydrogen) atoms. The fraction of sp³-hybridized carbons (Fsp3) is 0.407. The normalized spacial score (nSPS) is 16.6. The topological polar surface area (TPSA) is 0 Å². The molecule has 0 saturated carbocycles. The minimum atomic E-state index is 0. The largest absolute Gasteiger partial charge is 2.00 e. The van der Waals surface area contributed by atoms with Gasteiger partial charge in [0.25, 0.3) is 0 Å². The van der Waals surface area contributed by atoms with E-state index >= 15 is 0 Å². The number of hydrogen-bond donors (Lipinski definition) is 0. The Morgan fingerprint density at radius 2 is 1.43 bits per heavy atom. The van der Waals surface area contributed by atoms with Crippen LogP contribution in [0, 0.1) is 0 Å². The molecule has 4 rings (SSSR count). The molecule has 2 aromatic carbocycles. The van der Waals surface area contributed by atoms with Crippen molar-refractivity contribution in [3.8, 4) is 11.1 Å². The van der Waals surface area contributed by atoms with E-state index in [-0.39, 0.29) is 61.8 Å². The van der Waals surface area contributed by atoms with E-state index in [0.717, 1.165) is 12.8 Å². The van der Waals surface area contributed by atoms with Gasteiger partial charge in [-0.15, -0.1) is 0 Å². The Balaban J connectivity index is 0.00000150. The van der Waals surface area contributed by atoms with E-state index in [4.69, 9.17) is 0 Å².